The minimum absolute atomic E-state index is 0.511. The number of rotatable bonds is 1. The molecule has 0 unspecified atom stereocenters. The molecule has 4 heteroatoms. The summed E-state index contributed by atoms with van der Waals surface area (Å²) in [7, 11) is 0. The molecule has 0 radical (unpaired) electrons. The summed E-state index contributed by atoms with van der Waals surface area (Å²) in [5.41, 5.74) is 0.511. The maximum Gasteiger partial charge on any atom is 0.212 e. The summed E-state index contributed by atoms with van der Waals surface area (Å²) in [5, 5.41) is 2.15. The van der Waals surface area contributed by atoms with Crippen molar-refractivity contribution < 1.29 is 4.39 Å². The van der Waals surface area contributed by atoms with E-state index >= 15 is 0 Å². The first-order chi connectivity index (χ1) is 4.83. The van der Waals surface area contributed by atoms with Gasteiger partial charge in [0.25, 0.3) is 0 Å². The van der Waals surface area contributed by atoms with Crippen molar-refractivity contribution in [1.29, 1.82) is 0 Å². The van der Waals surface area contributed by atoms with Crippen LogP contribution in [0.2, 0.25) is 0 Å². The predicted molar refractivity (Wildman–Crippen MR) is 38.9 cm³/mol. The number of isothiocyanates is 1. The summed E-state index contributed by atoms with van der Waals surface area (Å²) in [6.07, 6.45) is 1.29. The molecule has 1 rings (SSSR count). The summed E-state index contributed by atoms with van der Waals surface area (Å²) in [6, 6.07) is 2.69. The van der Waals surface area contributed by atoms with Crippen LogP contribution in [0.1, 0.15) is 0 Å². The lowest BCUT2D eigenvalue weighted by molar-refractivity contribution is 0.584. The number of nitrogens with zero attached hydrogens (tertiary/aromatic N) is 2. The highest BCUT2D eigenvalue weighted by molar-refractivity contribution is 7.78. The van der Waals surface area contributed by atoms with Gasteiger partial charge in [0.05, 0.1) is 17.0 Å². The van der Waals surface area contributed by atoms with Gasteiger partial charge in [0, 0.05) is 0 Å². The predicted octanol–water partition coefficient (Wildman–Crippen LogP) is 1.96. The zero-order valence-corrected chi connectivity index (χ0v) is 5.73. The average Bonchev–Trinajstić information content (AvgIpc) is 1.95. The second-order valence-electron chi connectivity index (χ2n) is 1.54. The third-order valence-electron chi connectivity index (χ3n) is 0.887. The molecule has 0 aromatic carbocycles. The molecular weight excluding hydrogens is 151 g/mol. The smallest absolute Gasteiger partial charge is 0.212 e. The Morgan fingerprint density at radius 3 is 2.90 bits per heavy atom. The number of aromatic nitrogens is 1. The van der Waals surface area contributed by atoms with Crippen molar-refractivity contribution in [2.24, 2.45) is 4.99 Å². The Labute approximate surface area is 62.4 Å². The van der Waals surface area contributed by atoms with E-state index < -0.39 is 5.95 Å². The summed E-state index contributed by atoms with van der Waals surface area (Å²) in [6.45, 7) is 0. The van der Waals surface area contributed by atoms with E-state index in [2.05, 4.69) is 27.4 Å². The molecule has 0 aliphatic carbocycles. The van der Waals surface area contributed by atoms with Crippen LogP contribution in [0, 0.1) is 5.95 Å². The van der Waals surface area contributed by atoms with Crippen LogP contribution in [0.25, 0.3) is 0 Å². The molecule has 50 valence electrons. The van der Waals surface area contributed by atoms with E-state index in [1.807, 2.05) is 0 Å². The van der Waals surface area contributed by atoms with E-state index in [1.54, 1.807) is 0 Å². The van der Waals surface area contributed by atoms with E-state index in [0.29, 0.717) is 5.69 Å². The molecule has 1 aromatic heterocycles. The third kappa shape index (κ3) is 1.69. The van der Waals surface area contributed by atoms with Crippen LogP contribution >= 0.6 is 12.2 Å². The molecule has 0 amide bonds. The van der Waals surface area contributed by atoms with E-state index in [0.717, 1.165) is 0 Å². The number of pyridine rings is 1. The van der Waals surface area contributed by atoms with Crippen molar-refractivity contribution in [1.82, 2.24) is 4.98 Å². The molecule has 0 atom stereocenters. The van der Waals surface area contributed by atoms with E-state index in [9.17, 15) is 4.39 Å². The minimum Gasteiger partial charge on any atom is -0.226 e. The molecule has 2 nitrogen and oxygen atoms in total. The molecule has 0 aliphatic rings. The average molecular weight is 154 g/mol. The normalized spacial score (nSPS) is 8.50. The van der Waals surface area contributed by atoms with Crippen molar-refractivity contribution >= 4 is 23.1 Å². The van der Waals surface area contributed by atoms with Crippen LogP contribution in [0.15, 0.2) is 23.3 Å². The Kier molecular flexibility index (Phi) is 2.20. The molecule has 0 saturated carbocycles. The maximum absolute atomic E-state index is 12.1. The number of hydrogen-bond acceptors (Lipinski definition) is 3. The van der Waals surface area contributed by atoms with Gasteiger partial charge in [0.2, 0.25) is 5.95 Å². The fraction of sp³-hybridized carbons (Fsp3) is 0. The van der Waals surface area contributed by atoms with Gasteiger partial charge in [0.1, 0.15) is 0 Å². The highest BCUT2D eigenvalue weighted by atomic mass is 32.1. The molecule has 1 heterocycles. The van der Waals surface area contributed by atoms with Crippen molar-refractivity contribution in [2.45, 2.75) is 0 Å². The van der Waals surface area contributed by atoms with Crippen LogP contribution in [0.4, 0.5) is 10.1 Å². The van der Waals surface area contributed by atoms with Crippen molar-refractivity contribution in [3.05, 3.63) is 24.3 Å². The summed E-state index contributed by atoms with van der Waals surface area (Å²) in [5.74, 6) is -0.525. The SMILES string of the molecule is Fc1ccc(N=C=S)cn1. The molecule has 0 aliphatic heterocycles. The van der Waals surface area contributed by atoms with Gasteiger partial charge in [0.15, 0.2) is 0 Å². The molecule has 0 N–H and O–H groups in total. The highest BCUT2D eigenvalue weighted by Crippen LogP contribution is 2.07. The van der Waals surface area contributed by atoms with Gasteiger partial charge in [-0.2, -0.15) is 9.38 Å². The summed E-state index contributed by atoms with van der Waals surface area (Å²) in [4.78, 5) is 6.93. The second-order valence-corrected chi connectivity index (χ2v) is 1.72. The largest absolute Gasteiger partial charge is 0.226 e. The second kappa shape index (κ2) is 3.15. The Morgan fingerprint density at radius 2 is 2.40 bits per heavy atom. The van der Waals surface area contributed by atoms with Crippen LogP contribution in [-0.2, 0) is 0 Å². The monoisotopic (exact) mass is 154 g/mol. The number of hydrogen-bond donors (Lipinski definition) is 0. The fourth-order valence-electron chi connectivity index (χ4n) is 0.487. The molecule has 1 aromatic rings. The maximum atomic E-state index is 12.1. The Morgan fingerprint density at radius 1 is 1.60 bits per heavy atom. The summed E-state index contributed by atoms with van der Waals surface area (Å²) < 4.78 is 12.1. The highest BCUT2D eigenvalue weighted by Gasteiger charge is 1.89. The van der Waals surface area contributed by atoms with Crippen LogP contribution in [0.3, 0.4) is 0 Å². The van der Waals surface area contributed by atoms with Gasteiger partial charge in [-0.1, -0.05) is 0 Å². The lowest BCUT2D eigenvalue weighted by atomic mass is 10.4. The molecule has 0 bridgehead atoms. The van der Waals surface area contributed by atoms with Gasteiger partial charge in [-0.15, -0.1) is 0 Å². The topological polar surface area (TPSA) is 25.2 Å². The fourth-order valence-corrected chi connectivity index (χ4v) is 0.592. The minimum atomic E-state index is -0.525. The van der Waals surface area contributed by atoms with Crippen LogP contribution in [0.5, 0.6) is 0 Å². The summed E-state index contributed by atoms with van der Waals surface area (Å²) >= 11 is 4.33. The zero-order valence-electron chi connectivity index (χ0n) is 4.91. The molecule has 0 saturated heterocycles. The first-order valence-electron chi connectivity index (χ1n) is 2.52. The van der Waals surface area contributed by atoms with E-state index in [4.69, 9.17) is 0 Å². The number of halogens is 1. The van der Waals surface area contributed by atoms with Crippen molar-refractivity contribution in [3.63, 3.8) is 0 Å². The van der Waals surface area contributed by atoms with Crippen molar-refractivity contribution in [3.8, 4) is 0 Å². The first-order valence-corrected chi connectivity index (χ1v) is 2.93. The van der Waals surface area contributed by atoms with E-state index in [-0.39, 0.29) is 0 Å². The van der Waals surface area contributed by atoms with Gasteiger partial charge in [-0.3, -0.25) is 0 Å². The van der Waals surface area contributed by atoms with Crippen LogP contribution < -0.4 is 0 Å². The van der Waals surface area contributed by atoms with E-state index in [1.165, 1.54) is 18.3 Å². The standard InChI is InChI=1S/C6H3FN2S/c7-6-2-1-5(3-8-6)9-4-10/h1-3H. The lowest BCUT2D eigenvalue weighted by Gasteiger charge is -1.86. The number of aliphatic imine (C=N–C) groups is 1. The van der Waals surface area contributed by atoms with Gasteiger partial charge in [-0.05, 0) is 24.4 Å². The third-order valence-corrected chi connectivity index (χ3v) is 0.978. The quantitative estimate of drug-likeness (QED) is 0.351. The number of thiocarbonyl (C=S) groups is 1. The molecule has 0 spiro atoms. The zero-order chi connectivity index (χ0) is 7.40. The Hall–Kier alpha value is -1.12. The molecular formula is C6H3FN2S. The Bertz CT molecular complexity index is 264. The van der Waals surface area contributed by atoms with Gasteiger partial charge in [-0.25, -0.2) is 4.98 Å². The molecule has 0 fully saturated rings. The van der Waals surface area contributed by atoms with Gasteiger partial charge >= 0.3 is 0 Å². The lowest BCUT2D eigenvalue weighted by Crippen LogP contribution is -1.76. The molecule has 10 heavy (non-hydrogen) atoms. The van der Waals surface area contributed by atoms with Gasteiger partial charge < -0.3 is 0 Å². The first kappa shape index (κ1) is 6.99. The van der Waals surface area contributed by atoms with Crippen LogP contribution in [-0.4, -0.2) is 10.1 Å². The Balaban J connectivity index is 3.00. The van der Waals surface area contributed by atoms with Crippen molar-refractivity contribution in [2.75, 3.05) is 0 Å².